The van der Waals surface area contributed by atoms with Crippen LogP contribution in [0, 0.1) is 0 Å². The number of rotatable bonds is 5. The van der Waals surface area contributed by atoms with Gasteiger partial charge in [0.1, 0.15) is 0 Å². The predicted octanol–water partition coefficient (Wildman–Crippen LogP) is 2.76. The lowest BCUT2D eigenvalue weighted by Crippen LogP contribution is -2.15. The van der Waals surface area contributed by atoms with Crippen molar-refractivity contribution in [1.29, 1.82) is 0 Å². The average Bonchev–Trinajstić information content (AvgIpc) is 3.44. The summed E-state index contributed by atoms with van der Waals surface area (Å²) in [5.41, 5.74) is 5.36. The van der Waals surface area contributed by atoms with E-state index in [0.29, 0.717) is 11.5 Å². The smallest absolute Gasteiger partial charge is 0.232 e. The van der Waals surface area contributed by atoms with Crippen LogP contribution in [0.25, 0.3) is 28.0 Å². The average molecular weight is 396 g/mol. The van der Waals surface area contributed by atoms with E-state index >= 15 is 0 Å². The van der Waals surface area contributed by atoms with Gasteiger partial charge in [0.05, 0.1) is 18.3 Å². The number of tetrazole rings is 1. The summed E-state index contributed by atoms with van der Waals surface area (Å²) in [6.45, 7) is 0. The molecule has 146 valence electrons. The second-order valence-electron chi connectivity index (χ2n) is 6.62. The highest BCUT2D eigenvalue weighted by Gasteiger charge is 2.12. The summed E-state index contributed by atoms with van der Waals surface area (Å²) >= 11 is 0. The van der Waals surface area contributed by atoms with Crippen LogP contribution in [-0.4, -0.2) is 41.1 Å². The number of amides is 1. The van der Waals surface area contributed by atoms with Gasteiger partial charge in [-0.2, -0.15) is 10.3 Å². The standard InChI is InChI=1S/C21H16N8O/c30-20(12-19-25-27-28-26-19)24-16-8-6-14(7-9-16)17-13-23-29-18(10-11-22-21(17)29)15-4-2-1-3-5-15/h1-11,13H,12H2,(H,24,30)(H,25,26,27,28). The van der Waals surface area contributed by atoms with E-state index in [0.717, 1.165) is 28.0 Å². The van der Waals surface area contributed by atoms with E-state index in [1.165, 1.54) is 0 Å². The van der Waals surface area contributed by atoms with Crippen LogP contribution in [0.5, 0.6) is 0 Å². The zero-order valence-corrected chi connectivity index (χ0v) is 15.7. The molecule has 0 fully saturated rings. The van der Waals surface area contributed by atoms with Gasteiger partial charge >= 0.3 is 0 Å². The molecular weight excluding hydrogens is 380 g/mol. The number of carbonyl (C=O) groups excluding carboxylic acids is 1. The van der Waals surface area contributed by atoms with E-state index in [1.807, 2.05) is 65.2 Å². The number of benzene rings is 2. The van der Waals surface area contributed by atoms with Gasteiger partial charge < -0.3 is 5.32 Å². The van der Waals surface area contributed by atoms with E-state index in [2.05, 4.69) is 36.0 Å². The highest BCUT2D eigenvalue weighted by molar-refractivity contribution is 5.92. The summed E-state index contributed by atoms with van der Waals surface area (Å²) in [5.74, 6) is 0.130. The number of anilines is 1. The van der Waals surface area contributed by atoms with E-state index in [4.69, 9.17) is 0 Å². The molecule has 3 aromatic heterocycles. The number of nitrogens with one attached hydrogen (secondary N) is 2. The molecule has 1 amide bonds. The molecule has 0 spiro atoms. The topological polar surface area (TPSA) is 114 Å². The monoisotopic (exact) mass is 396 g/mol. The third kappa shape index (κ3) is 3.39. The first-order valence-electron chi connectivity index (χ1n) is 9.29. The molecule has 0 aliphatic heterocycles. The molecule has 2 aromatic carbocycles. The summed E-state index contributed by atoms with van der Waals surface area (Å²) in [7, 11) is 0. The van der Waals surface area contributed by atoms with Crippen LogP contribution in [0.2, 0.25) is 0 Å². The molecule has 0 aliphatic carbocycles. The van der Waals surface area contributed by atoms with Crippen molar-refractivity contribution in [3.63, 3.8) is 0 Å². The van der Waals surface area contributed by atoms with Crippen LogP contribution < -0.4 is 5.32 Å². The Hall–Kier alpha value is -4.40. The van der Waals surface area contributed by atoms with Crippen molar-refractivity contribution in [1.82, 2.24) is 35.2 Å². The van der Waals surface area contributed by atoms with Crippen molar-refractivity contribution in [2.75, 3.05) is 5.32 Å². The van der Waals surface area contributed by atoms with Crippen LogP contribution >= 0.6 is 0 Å². The number of hydrogen-bond acceptors (Lipinski definition) is 6. The SMILES string of the molecule is O=C(Cc1nn[nH]n1)Nc1ccc(-c2cnn3c(-c4ccccc4)ccnc23)cc1. The lowest BCUT2D eigenvalue weighted by Gasteiger charge is -2.06. The van der Waals surface area contributed by atoms with Gasteiger partial charge in [-0.1, -0.05) is 47.7 Å². The fraction of sp³-hybridized carbons (Fsp3) is 0.0476. The number of aromatic amines is 1. The molecule has 0 saturated carbocycles. The highest BCUT2D eigenvalue weighted by Crippen LogP contribution is 2.27. The minimum absolute atomic E-state index is 0.0540. The van der Waals surface area contributed by atoms with Crippen LogP contribution in [0.3, 0.4) is 0 Å². The van der Waals surface area contributed by atoms with Gasteiger partial charge in [-0.15, -0.1) is 10.2 Å². The van der Waals surface area contributed by atoms with Gasteiger partial charge in [0, 0.05) is 23.0 Å². The van der Waals surface area contributed by atoms with Crippen molar-refractivity contribution < 1.29 is 4.79 Å². The predicted molar refractivity (Wildman–Crippen MR) is 110 cm³/mol. The first-order chi connectivity index (χ1) is 14.8. The van der Waals surface area contributed by atoms with Crippen molar-refractivity contribution >= 4 is 17.2 Å². The van der Waals surface area contributed by atoms with Gasteiger partial charge in [-0.3, -0.25) is 4.79 Å². The molecule has 0 aliphatic rings. The van der Waals surface area contributed by atoms with Crippen LogP contribution in [0.4, 0.5) is 5.69 Å². The second-order valence-corrected chi connectivity index (χ2v) is 6.62. The largest absolute Gasteiger partial charge is 0.326 e. The summed E-state index contributed by atoms with van der Waals surface area (Å²) < 4.78 is 1.84. The highest BCUT2D eigenvalue weighted by atomic mass is 16.1. The normalized spacial score (nSPS) is 10.9. The fourth-order valence-electron chi connectivity index (χ4n) is 3.26. The van der Waals surface area contributed by atoms with Crippen molar-refractivity contribution in [3.8, 4) is 22.4 Å². The molecular formula is C21H16N8O. The molecule has 0 saturated heterocycles. The van der Waals surface area contributed by atoms with Gasteiger partial charge in [-0.05, 0) is 23.8 Å². The minimum atomic E-state index is -0.214. The summed E-state index contributed by atoms with van der Waals surface area (Å²) in [5, 5.41) is 20.7. The molecule has 3 heterocycles. The number of aromatic nitrogens is 7. The Bertz CT molecular complexity index is 1290. The Morgan fingerprint density at radius 3 is 2.60 bits per heavy atom. The first-order valence-corrected chi connectivity index (χ1v) is 9.29. The van der Waals surface area contributed by atoms with E-state index in [9.17, 15) is 4.79 Å². The van der Waals surface area contributed by atoms with Gasteiger partial charge in [-0.25, -0.2) is 9.50 Å². The van der Waals surface area contributed by atoms with Crippen molar-refractivity contribution in [2.24, 2.45) is 0 Å². The maximum absolute atomic E-state index is 12.1. The van der Waals surface area contributed by atoms with Crippen molar-refractivity contribution in [2.45, 2.75) is 6.42 Å². The molecule has 5 rings (SSSR count). The summed E-state index contributed by atoms with van der Waals surface area (Å²) in [4.78, 5) is 16.6. The summed E-state index contributed by atoms with van der Waals surface area (Å²) in [6.07, 6.45) is 3.65. The van der Waals surface area contributed by atoms with E-state index in [1.54, 1.807) is 12.4 Å². The molecule has 30 heavy (non-hydrogen) atoms. The molecule has 0 bridgehead atoms. The Morgan fingerprint density at radius 1 is 1.00 bits per heavy atom. The first kappa shape index (κ1) is 17.7. The Labute approximate surface area is 170 Å². The quantitative estimate of drug-likeness (QED) is 0.472. The zero-order chi connectivity index (χ0) is 20.3. The molecule has 0 radical (unpaired) electrons. The van der Waals surface area contributed by atoms with Gasteiger partial charge in [0.2, 0.25) is 5.91 Å². The molecule has 9 nitrogen and oxygen atoms in total. The fourth-order valence-corrected chi connectivity index (χ4v) is 3.26. The lowest BCUT2D eigenvalue weighted by atomic mass is 10.1. The molecule has 0 atom stereocenters. The third-order valence-corrected chi connectivity index (χ3v) is 4.66. The maximum atomic E-state index is 12.1. The number of carbonyl (C=O) groups is 1. The maximum Gasteiger partial charge on any atom is 0.232 e. The van der Waals surface area contributed by atoms with Gasteiger partial charge in [0.15, 0.2) is 11.5 Å². The Morgan fingerprint density at radius 2 is 1.83 bits per heavy atom. The Balaban J connectivity index is 1.40. The van der Waals surface area contributed by atoms with Gasteiger partial charge in [0.25, 0.3) is 0 Å². The van der Waals surface area contributed by atoms with Crippen LogP contribution in [0.15, 0.2) is 73.1 Å². The number of H-pyrrole nitrogens is 1. The number of nitrogens with zero attached hydrogens (tertiary/aromatic N) is 6. The van der Waals surface area contributed by atoms with E-state index < -0.39 is 0 Å². The third-order valence-electron chi connectivity index (χ3n) is 4.66. The molecule has 2 N–H and O–H groups in total. The van der Waals surface area contributed by atoms with Crippen LogP contribution in [0.1, 0.15) is 5.82 Å². The van der Waals surface area contributed by atoms with Crippen LogP contribution in [-0.2, 0) is 11.2 Å². The number of hydrogen-bond donors (Lipinski definition) is 2. The molecule has 0 unspecified atom stereocenters. The lowest BCUT2D eigenvalue weighted by molar-refractivity contribution is -0.115. The zero-order valence-electron chi connectivity index (χ0n) is 15.7. The minimum Gasteiger partial charge on any atom is -0.326 e. The Kier molecular flexibility index (Phi) is 4.45. The number of fused-ring (bicyclic) bond motifs is 1. The second kappa shape index (κ2) is 7.55. The molecule has 5 aromatic rings. The molecule has 9 heteroatoms. The van der Waals surface area contributed by atoms with E-state index in [-0.39, 0.29) is 12.3 Å². The van der Waals surface area contributed by atoms with Crippen molar-refractivity contribution in [3.05, 3.63) is 78.9 Å². The summed E-state index contributed by atoms with van der Waals surface area (Å²) in [6, 6.07) is 19.6.